The largest absolute Gasteiger partial charge is 0.492 e. The van der Waals surface area contributed by atoms with Gasteiger partial charge in [0, 0.05) is 29.2 Å². The average molecular weight is 547 g/mol. The molecule has 7 nitrogen and oxygen atoms in total. The minimum absolute atomic E-state index is 0.0439. The van der Waals surface area contributed by atoms with Crippen molar-refractivity contribution in [1.82, 2.24) is 20.1 Å². The van der Waals surface area contributed by atoms with E-state index in [4.69, 9.17) is 4.74 Å². The van der Waals surface area contributed by atoms with Crippen LogP contribution in [0.1, 0.15) is 50.4 Å². The van der Waals surface area contributed by atoms with E-state index in [2.05, 4.69) is 15.4 Å². The molecule has 1 aromatic carbocycles. The number of piperidine rings is 1. The molecule has 2 aromatic heterocycles. The predicted octanol–water partition coefficient (Wildman–Crippen LogP) is 4.65. The molecular weight excluding hydrogens is 518 g/mol. The number of nitrogens with zero attached hydrogens (tertiary/aromatic N) is 3. The fourth-order valence-electron chi connectivity index (χ4n) is 4.89. The molecule has 38 heavy (non-hydrogen) atoms. The predicted molar refractivity (Wildman–Crippen MR) is 125 cm³/mol. The molecule has 1 saturated heterocycles. The zero-order valence-corrected chi connectivity index (χ0v) is 20.9. The van der Waals surface area contributed by atoms with Crippen LogP contribution < -0.4 is 10.1 Å². The highest BCUT2D eigenvalue weighted by atomic mass is 19.4. The standard InChI is InChI=1S/C25H28F6N4O3/c1-14-8-23(37,16-4-5-20(32-11-16)25(29,30)31)9-17(34-14)12-38-18-6-15-10-33-35(13-22(2,3)36)21(15)19(7-18)24(26,27)28/h4-7,10-11,14,17,34,36-37H,8-9,12-13H2,1-3H3. The molecule has 3 heterocycles. The maximum atomic E-state index is 13.9. The lowest BCUT2D eigenvalue weighted by Gasteiger charge is -2.41. The van der Waals surface area contributed by atoms with E-state index in [1.54, 1.807) is 6.92 Å². The van der Waals surface area contributed by atoms with Crippen molar-refractivity contribution < 1.29 is 41.3 Å². The quantitative estimate of drug-likeness (QED) is 0.390. The molecule has 0 bridgehead atoms. The van der Waals surface area contributed by atoms with Gasteiger partial charge in [-0.1, -0.05) is 6.07 Å². The number of aromatic nitrogens is 3. The van der Waals surface area contributed by atoms with Gasteiger partial charge < -0.3 is 20.3 Å². The average Bonchev–Trinajstić information content (AvgIpc) is 3.16. The zero-order valence-electron chi connectivity index (χ0n) is 20.9. The smallest absolute Gasteiger partial charge is 0.433 e. The van der Waals surface area contributed by atoms with Gasteiger partial charge in [0.25, 0.3) is 0 Å². The van der Waals surface area contributed by atoms with Gasteiger partial charge in [-0.05, 0) is 51.8 Å². The molecule has 0 saturated carbocycles. The van der Waals surface area contributed by atoms with E-state index in [1.165, 1.54) is 32.2 Å². The van der Waals surface area contributed by atoms with Gasteiger partial charge in [0.15, 0.2) is 0 Å². The second kappa shape index (κ2) is 9.69. The summed E-state index contributed by atoms with van der Waals surface area (Å²) in [6, 6.07) is 3.48. The lowest BCUT2D eigenvalue weighted by Crippen LogP contribution is -2.53. The van der Waals surface area contributed by atoms with Crippen LogP contribution in [0.2, 0.25) is 0 Å². The van der Waals surface area contributed by atoms with Gasteiger partial charge in [0.2, 0.25) is 0 Å². The van der Waals surface area contributed by atoms with Crippen molar-refractivity contribution in [2.75, 3.05) is 6.61 Å². The summed E-state index contributed by atoms with van der Waals surface area (Å²) in [6.07, 6.45) is -6.83. The first kappa shape index (κ1) is 28.1. The van der Waals surface area contributed by atoms with E-state index in [-0.39, 0.29) is 54.3 Å². The Labute approximate surface area is 214 Å². The van der Waals surface area contributed by atoms with E-state index in [1.807, 2.05) is 0 Å². The Morgan fingerprint density at radius 2 is 1.79 bits per heavy atom. The Morgan fingerprint density at radius 1 is 1.08 bits per heavy atom. The molecule has 3 N–H and O–H groups in total. The summed E-state index contributed by atoms with van der Waals surface area (Å²) in [4.78, 5) is 3.43. The second-order valence-corrected chi connectivity index (χ2v) is 10.5. The number of nitrogens with one attached hydrogen (secondary N) is 1. The van der Waals surface area contributed by atoms with Crippen LogP contribution in [0.4, 0.5) is 26.3 Å². The summed E-state index contributed by atoms with van der Waals surface area (Å²) in [5.41, 5.74) is -4.81. The fraction of sp³-hybridized carbons (Fsp3) is 0.520. The van der Waals surface area contributed by atoms with Crippen molar-refractivity contribution in [2.45, 2.75) is 75.8 Å². The molecule has 4 rings (SSSR count). The van der Waals surface area contributed by atoms with Crippen molar-refractivity contribution in [3.8, 4) is 5.75 Å². The number of benzene rings is 1. The van der Waals surface area contributed by atoms with Crippen molar-refractivity contribution in [1.29, 1.82) is 0 Å². The number of ether oxygens (including phenoxy) is 1. The summed E-state index contributed by atoms with van der Waals surface area (Å²) >= 11 is 0. The molecular formula is C25H28F6N4O3. The first-order valence-electron chi connectivity index (χ1n) is 11.9. The second-order valence-electron chi connectivity index (χ2n) is 10.5. The van der Waals surface area contributed by atoms with Gasteiger partial charge in [0.05, 0.1) is 35.0 Å². The van der Waals surface area contributed by atoms with Crippen LogP contribution in [0.5, 0.6) is 5.75 Å². The number of hydrogen-bond acceptors (Lipinski definition) is 6. The van der Waals surface area contributed by atoms with E-state index in [9.17, 15) is 36.6 Å². The minimum atomic E-state index is -4.72. The molecule has 208 valence electrons. The van der Waals surface area contributed by atoms with Gasteiger partial charge in [-0.25, -0.2) is 0 Å². The molecule has 3 unspecified atom stereocenters. The topological polar surface area (TPSA) is 92.4 Å². The van der Waals surface area contributed by atoms with Gasteiger partial charge >= 0.3 is 12.4 Å². The summed E-state index contributed by atoms with van der Waals surface area (Å²) in [5, 5.41) is 28.7. The molecule has 0 spiro atoms. The Morgan fingerprint density at radius 3 is 2.37 bits per heavy atom. The number of hydrogen-bond donors (Lipinski definition) is 3. The van der Waals surface area contributed by atoms with Crippen molar-refractivity contribution in [2.24, 2.45) is 0 Å². The lowest BCUT2D eigenvalue weighted by atomic mass is 9.79. The van der Waals surface area contributed by atoms with Gasteiger partial charge in [-0.15, -0.1) is 0 Å². The van der Waals surface area contributed by atoms with Crippen molar-refractivity contribution in [3.05, 3.63) is 53.5 Å². The first-order chi connectivity index (χ1) is 17.4. The van der Waals surface area contributed by atoms with Gasteiger partial charge in [0.1, 0.15) is 18.1 Å². The van der Waals surface area contributed by atoms with Crippen molar-refractivity contribution in [3.63, 3.8) is 0 Å². The van der Waals surface area contributed by atoms with E-state index in [0.717, 1.165) is 23.0 Å². The summed E-state index contributed by atoms with van der Waals surface area (Å²) in [5.74, 6) is -0.0626. The highest BCUT2D eigenvalue weighted by Crippen LogP contribution is 2.39. The van der Waals surface area contributed by atoms with Gasteiger partial charge in [-0.3, -0.25) is 9.67 Å². The van der Waals surface area contributed by atoms with Crippen LogP contribution in [0.15, 0.2) is 36.7 Å². The molecule has 3 aromatic rings. The maximum absolute atomic E-state index is 13.9. The Balaban J connectivity index is 1.55. The maximum Gasteiger partial charge on any atom is 0.433 e. The number of pyridine rings is 1. The molecule has 0 radical (unpaired) electrons. The number of halogens is 6. The molecule has 1 aliphatic rings. The summed E-state index contributed by atoms with van der Waals surface area (Å²) < 4.78 is 87.3. The van der Waals surface area contributed by atoms with E-state index in [0.29, 0.717) is 0 Å². The fourth-order valence-corrected chi connectivity index (χ4v) is 4.89. The molecule has 1 aliphatic heterocycles. The third kappa shape index (κ3) is 6.21. The molecule has 0 aliphatic carbocycles. The van der Waals surface area contributed by atoms with Crippen LogP contribution in [0.3, 0.4) is 0 Å². The van der Waals surface area contributed by atoms with Crippen LogP contribution in [-0.2, 0) is 24.5 Å². The third-order valence-corrected chi connectivity index (χ3v) is 6.34. The Hall–Kier alpha value is -2.90. The number of fused-ring (bicyclic) bond motifs is 1. The molecule has 13 heteroatoms. The third-order valence-electron chi connectivity index (χ3n) is 6.34. The van der Waals surface area contributed by atoms with E-state index < -0.39 is 40.9 Å². The first-order valence-corrected chi connectivity index (χ1v) is 11.9. The lowest BCUT2D eigenvalue weighted by molar-refractivity contribution is -0.141. The van der Waals surface area contributed by atoms with Crippen LogP contribution in [0.25, 0.3) is 10.9 Å². The number of rotatable bonds is 6. The van der Waals surface area contributed by atoms with Gasteiger partial charge in [-0.2, -0.15) is 31.4 Å². The minimum Gasteiger partial charge on any atom is -0.492 e. The molecule has 0 amide bonds. The van der Waals surface area contributed by atoms with Crippen LogP contribution in [-0.4, -0.2) is 49.3 Å². The molecule has 3 atom stereocenters. The normalized spacial score (nSPS) is 23.1. The highest BCUT2D eigenvalue weighted by molar-refractivity contribution is 5.84. The zero-order chi connectivity index (χ0) is 28.1. The number of aliphatic hydroxyl groups is 2. The van der Waals surface area contributed by atoms with Crippen molar-refractivity contribution >= 4 is 10.9 Å². The number of alkyl halides is 6. The monoisotopic (exact) mass is 546 g/mol. The Kier molecular flexibility index (Phi) is 7.17. The van der Waals surface area contributed by atoms with Crippen LogP contribution >= 0.6 is 0 Å². The SMILES string of the molecule is CC1CC(O)(c2ccc(C(F)(F)F)nc2)CC(COc2cc(C(F)(F)F)c3c(cnn3CC(C)(C)O)c2)N1. The Bertz CT molecular complexity index is 1280. The summed E-state index contributed by atoms with van der Waals surface area (Å²) in [7, 11) is 0. The van der Waals surface area contributed by atoms with E-state index >= 15 is 0 Å². The highest BCUT2D eigenvalue weighted by Gasteiger charge is 2.41. The summed E-state index contributed by atoms with van der Waals surface area (Å²) in [6.45, 7) is 4.44. The van der Waals surface area contributed by atoms with Crippen LogP contribution in [0, 0.1) is 0 Å². The molecule has 1 fully saturated rings.